The van der Waals surface area contributed by atoms with E-state index in [4.69, 9.17) is 10.2 Å². The number of halogens is 1. The van der Waals surface area contributed by atoms with E-state index in [1.54, 1.807) is 23.3 Å². The van der Waals surface area contributed by atoms with Gasteiger partial charge < -0.3 is 20.0 Å². The zero-order valence-corrected chi connectivity index (χ0v) is 19.2. The molecule has 180 valence electrons. The van der Waals surface area contributed by atoms with E-state index in [2.05, 4.69) is 26.0 Å². The molecule has 5 aromatic rings. The minimum Gasteiger partial charge on any atom is -0.461 e. The van der Waals surface area contributed by atoms with Crippen molar-refractivity contribution in [2.75, 3.05) is 36.8 Å². The van der Waals surface area contributed by atoms with Crippen LogP contribution in [0.4, 0.5) is 16.0 Å². The molecule has 9 nitrogen and oxygen atoms in total. The number of aromatic nitrogens is 4. The summed E-state index contributed by atoms with van der Waals surface area (Å²) in [6.07, 6.45) is 1.57. The van der Waals surface area contributed by atoms with Gasteiger partial charge in [-0.15, -0.1) is 5.10 Å². The van der Waals surface area contributed by atoms with Crippen LogP contribution in [0.2, 0.25) is 0 Å². The largest absolute Gasteiger partial charge is 0.461 e. The highest BCUT2D eigenvalue weighted by Gasteiger charge is 2.23. The monoisotopic (exact) mass is 483 g/mol. The van der Waals surface area contributed by atoms with Gasteiger partial charge in [0.15, 0.2) is 11.4 Å². The number of carbonyl (C=O) groups excluding carboxylic acids is 1. The maximum absolute atomic E-state index is 13.2. The van der Waals surface area contributed by atoms with E-state index < -0.39 is 0 Å². The minimum atomic E-state index is -0.353. The summed E-state index contributed by atoms with van der Waals surface area (Å²) in [5.41, 5.74) is 9.87. The van der Waals surface area contributed by atoms with Crippen LogP contribution in [0.25, 0.3) is 28.5 Å². The van der Waals surface area contributed by atoms with Crippen LogP contribution in [-0.2, 0) is 0 Å². The highest BCUT2D eigenvalue weighted by Crippen LogP contribution is 2.27. The topological polar surface area (TPSA) is 106 Å². The summed E-state index contributed by atoms with van der Waals surface area (Å²) in [5.74, 6) is 0.782. The number of rotatable bonds is 4. The van der Waals surface area contributed by atoms with Crippen LogP contribution in [0.5, 0.6) is 0 Å². The van der Waals surface area contributed by atoms with Gasteiger partial charge in [0, 0.05) is 49.1 Å². The van der Waals surface area contributed by atoms with Crippen molar-refractivity contribution in [1.29, 1.82) is 0 Å². The van der Waals surface area contributed by atoms with Crippen molar-refractivity contribution in [2.45, 2.75) is 0 Å². The Hall–Kier alpha value is -4.73. The molecule has 3 aromatic heterocycles. The van der Waals surface area contributed by atoms with E-state index in [1.807, 2.05) is 24.3 Å². The second-order valence-electron chi connectivity index (χ2n) is 8.52. The number of benzene rings is 2. The van der Waals surface area contributed by atoms with Crippen LogP contribution in [0.3, 0.4) is 0 Å². The van der Waals surface area contributed by atoms with Crippen molar-refractivity contribution in [3.63, 3.8) is 0 Å². The Morgan fingerprint density at radius 2 is 1.75 bits per heavy atom. The van der Waals surface area contributed by atoms with Gasteiger partial charge >= 0.3 is 0 Å². The van der Waals surface area contributed by atoms with Crippen molar-refractivity contribution in [3.05, 3.63) is 84.4 Å². The first-order valence-electron chi connectivity index (χ1n) is 11.5. The number of nitrogens with two attached hydrogens (primary N) is 1. The number of furan rings is 1. The summed E-state index contributed by atoms with van der Waals surface area (Å²) in [6.45, 7) is 2.52. The number of hydrogen-bond donors (Lipinski definition) is 1. The quantitative estimate of drug-likeness (QED) is 0.415. The normalized spacial score (nSPS) is 13.9. The lowest BCUT2D eigenvalue weighted by Crippen LogP contribution is -2.48. The molecule has 0 aliphatic carbocycles. The summed E-state index contributed by atoms with van der Waals surface area (Å²) < 4.78 is 20.1. The molecule has 6 rings (SSSR count). The molecule has 36 heavy (non-hydrogen) atoms. The van der Waals surface area contributed by atoms with Gasteiger partial charge in [0.1, 0.15) is 5.82 Å². The van der Waals surface area contributed by atoms with Gasteiger partial charge in [-0.3, -0.25) is 4.79 Å². The predicted molar refractivity (Wildman–Crippen MR) is 133 cm³/mol. The van der Waals surface area contributed by atoms with Gasteiger partial charge in [0.2, 0.25) is 11.8 Å². The van der Waals surface area contributed by atoms with E-state index in [0.717, 1.165) is 11.3 Å². The van der Waals surface area contributed by atoms with Crippen LogP contribution in [-0.4, -0.2) is 56.6 Å². The second kappa shape index (κ2) is 8.81. The van der Waals surface area contributed by atoms with Gasteiger partial charge in [-0.25, -0.2) is 14.4 Å². The zero-order chi connectivity index (χ0) is 24.6. The van der Waals surface area contributed by atoms with Gasteiger partial charge in [-0.2, -0.15) is 4.52 Å². The maximum atomic E-state index is 13.2. The number of anilines is 2. The van der Waals surface area contributed by atoms with Crippen molar-refractivity contribution in [3.8, 4) is 22.8 Å². The fourth-order valence-corrected chi connectivity index (χ4v) is 4.37. The lowest BCUT2D eigenvalue weighted by molar-refractivity contribution is 0.0746. The van der Waals surface area contributed by atoms with Crippen LogP contribution in [0.15, 0.2) is 77.4 Å². The SMILES string of the molecule is Nc1nc(-c2cccc(N3CCN(C(=O)c4ccc(F)cc4)CC3)c2)cc2nc(-c3ccco3)nn12. The molecule has 1 fully saturated rings. The molecule has 1 saturated heterocycles. The summed E-state index contributed by atoms with van der Waals surface area (Å²) >= 11 is 0. The Bertz CT molecular complexity index is 1540. The highest BCUT2D eigenvalue weighted by atomic mass is 19.1. The van der Waals surface area contributed by atoms with Crippen molar-refractivity contribution in [1.82, 2.24) is 24.5 Å². The zero-order valence-electron chi connectivity index (χ0n) is 19.2. The standard InChI is InChI=1S/C26H22FN7O2/c27-19-8-6-17(7-9-19)25(35)33-12-10-32(11-13-33)20-4-1-3-18(15-20)21-16-23-30-24(22-5-2-14-36-22)31-34(23)26(28)29-21/h1-9,14-16H,10-13H2,(H2,28,29). The van der Waals surface area contributed by atoms with E-state index >= 15 is 0 Å². The number of hydrogen-bond acceptors (Lipinski definition) is 7. The van der Waals surface area contributed by atoms with Gasteiger partial charge in [-0.05, 0) is 48.5 Å². The number of nitrogens with zero attached hydrogens (tertiary/aromatic N) is 6. The number of piperazine rings is 1. The minimum absolute atomic E-state index is 0.0846. The Morgan fingerprint density at radius 1 is 0.944 bits per heavy atom. The number of amides is 1. The molecule has 0 radical (unpaired) electrons. The van der Waals surface area contributed by atoms with Crippen molar-refractivity contribution >= 4 is 23.2 Å². The van der Waals surface area contributed by atoms with E-state index in [-0.39, 0.29) is 17.7 Å². The summed E-state index contributed by atoms with van der Waals surface area (Å²) in [6, 6.07) is 19.1. The molecule has 1 aliphatic rings. The molecule has 0 unspecified atom stereocenters. The molecular weight excluding hydrogens is 461 g/mol. The van der Waals surface area contributed by atoms with Crippen LogP contribution >= 0.6 is 0 Å². The summed E-state index contributed by atoms with van der Waals surface area (Å²) in [7, 11) is 0. The van der Waals surface area contributed by atoms with E-state index in [1.165, 1.54) is 28.8 Å². The first-order chi connectivity index (χ1) is 17.5. The third kappa shape index (κ3) is 4.02. The summed E-state index contributed by atoms with van der Waals surface area (Å²) in [4.78, 5) is 25.9. The predicted octanol–water partition coefficient (Wildman–Crippen LogP) is 3.74. The second-order valence-corrected chi connectivity index (χ2v) is 8.52. The molecule has 0 atom stereocenters. The first-order valence-corrected chi connectivity index (χ1v) is 11.5. The van der Waals surface area contributed by atoms with Crippen LogP contribution in [0, 0.1) is 5.82 Å². The van der Waals surface area contributed by atoms with Crippen molar-refractivity contribution in [2.24, 2.45) is 0 Å². The van der Waals surface area contributed by atoms with Gasteiger partial charge in [0.05, 0.1) is 12.0 Å². The maximum Gasteiger partial charge on any atom is 0.253 e. The lowest BCUT2D eigenvalue weighted by atomic mass is 10.1. The van der Waals surface area contributed by atoms with E-state index in [0.29, 0.717) is 54.7 Å². The van der Waals surface area contributed by atoms with Gasteiger partial charge in [-0.1, -0.05) is 12.1 Å². The van der Waals surface area contributed by atoms with Crippen LogP contribution in [0.1, 0.15) is 10.4 Å². The number of carbonyl (C=O) groups is 1. The Labute approximate surface area is 205 Å². The third-order valence-corrected chi connectivity index (χ3v) is 6.26. The Kier molecular flexibility index (Phi) is 5.33. The molecule has 4 heterocycles. The Balaban J connectivity index is 1.21. The average molecular weight is 484 g/mol. The third-order valence-electron chi connectivity index (χ3n) is 6.26. The molecule has 10 heteroatoms. The molecule has 2 aromatic carbocycles. The fraction of sp³-hybridized carbons (Fsp3) is 0.154. The molecule has 0 bridgehead atoms. The molecule has 2 N–H and O–H groups in total. The average Bonchev–Trinajstić information content (AvgIpc) is 3.59. The smallest absolute Gasteiger partial charge is 0.253 e. The van der Waals surface area contributed by atoms with Crippen LogP contribution < -0.4 is 10.6 Å². The molecule has 1 aliphatic heterocycles. The number of nitrogen functional groups attached to an aromatic ring is 1. The fourth-order valence-electron chi connectivity index (χ4n) is 4.37. The highest BCUT2D eigenvalue weighted by molar-refractivity contribution is 5.94. The first kappa shape index (κ1) is 21.8. The molecule has 1 amide bonds. The molecular formula is C26H22FN7O2. The number of fused-ring (bicyclic) bond motifs is 1. The lowest BCUT2D eigenvalue weighted by Gasteiger charge is -2.36. The molecule has 0 spiro atoms. The Morgan fingerprint density at radius 3 is 2.50 bits per heavy atom. The van der Waals surface area contributed by atoms with Gasteiger partial charge in [0.25, 0.3) is 5.91 Å². The van der Waals surface area contributed by atoms with E-state index in [9.17, 15) is 9.18 Å². The summed E-state index contributed by atoms with van der Waals surface area (Å²) in [5, 5.41) is 4.39. The van der Waals surface area contributed by atoms with Crippen molar-refractivity contribution < 1.29 is 13.6 Å². The molecule has 0 saturated carbocycles.